The SMILES string of the molecule is CCc1ccc(NS(C)(=O)=O)c(CC(O)Cn2c3ccc(F)cc3c3cc(F)ccc32)c1. The quantitative estimate of drug-likeness (QED) is 0.425. The van der Waals surface area contributed by atoms with Gasteiger partial charge in [-0.1, -0.05) is 19.1 Å². The summed E-state index contributed by atoms with van der Waals surface area (Å²) in [7, 11) is -3.48. The fourth-order valence-electron chi connectivity index (χ4n) is 4.11. The summed E-state index contributed by atoms with van der Waals surface area (Å²) in [5, 5.41) is 12.1. The number of aromatic nitrogens is 1. The number of anilines is 1. The molecule has 0 fully saturated rings. The van der Waals surface area contributed by atoms with Crippen molar-refractivity contribution in [3.05, 3.63) is 77.4 Å². The number of rotatable bonds is 7. The Bertz CT molecular complexity index is 1350. The van der Waals surface area contributed by atoms with Crippen LogP contribution in [0.3, 0.4) is 0 Å². The van der Waals surface area contributed by atoms with E-state index in [0.29, 0.717) is 33.1 Å². The molecule has 0 spiro atoms. The minimum atomic E-state index is -3.48. The maximum atomic E-state index is 13.9. The third kappa shape index (κ3) is 4.61. The van der Waals surface area contributed by atoms with Gasteiger partial charge in [-0.25, -0.2) is 17.2 Å². The molecule has 0 saturated carbocycles. The third-order valence-corrected chi connectivity index (χ3v) is 6.10. The number of aliphatic hydroxyl groups is 1. The number of nitrogens with zero attached hydrogens (tertiary/aromatic N) is 1. The van der Waals surface area contributed by atoms with Gasteiger partial charge in [0, 0.05) is 34.8 Å². The first-order valence-corrected chi connectivity index (χ1v) is 12.2. The van der Waals surface area contributed by atoms with Crippen molar-refractivity contribution in [3.8, 4) is 0 Å². The van der Waals surface area contributed by atoms with E-state index >= 15 is 0 Å². The van der Waals surface area contributed by atoms with Crippen molar-refractivity contribution in [2.45, 2.75) is 32.4 Å². The molecule has 1 heterocycles. The Labute approximate surface area is 185 Å². The summed E-state index contributed by atoms with van der Waals surface area (Å²) in [6.45, 7) is 2.17. The maximum absolute atomic E-state index is 13.9. The van der Waals surface area contributed by atoms with Crippen LogP contribution in [0.1, 0.15) is 18.1 Å². The van der Waals surface area contributed by atoms with E-state index in [-0.39, 0.29) is 13.0 Å². The molecule has 168 valence electrons. The average molecular weight is 459 g/mol. The highest BCUT2D eigenvalue weighted by Crippen LogP contribution is 2.31. The molecule has 32 heavy (non-hydrogen) atoms. The first kappa shape index (κ1) is 22.2. The monoisotopic (exact) mass is 458 g/mol. The van der Waals surface area contributed by atoms with Crippen LogP contribution in [0, 0.1) is 11.6 Å². The van der Waals surface area contributed by atoms with Gasteiger partial charge in [-0.2, -0.15) is 0 Å². The van der Waals surface area contributed by atoms with E-state index in [0.717, 1.165) is 18.2 Å². The van der Waals surface area contributed by atoms with Crippen LogP contribution >= 0.6 is 0 Å². The summed E-state index contributed by atoms with van der Waals surface area (Å²) in [6.07, 6.45) is 1.19. The average Bonchev–Trinajstić information content (AvgIpc) is 3.00. The number of hydrogen-bond acceptors (Lipinski definition) is 3. The van der Waals surface area contributed by atoms with Gasteiger partial charge in [-0.3, -0.25) is 4.72 Å². The molecule has 1 atom stereocenters. The topological polar surface area (TPSA) is 71.3 Å². The van der Waals surface area contributed by atoms with Crippen LogP contribution < -0.4 is 4.72 Å². The second kappa shape index (κ2) is 8.52. The number of hydrogen-bond donors (Lipinski definition) is 2. The lowest BCUT2D eigenvalue weighted by Crippen LogP contribution is -2.20. The molecule has 0 bridgehead atoms. The van der Waals surface area contributed by atoms with E-state index in [4.69, 9.17) is 0 Å². The molecule has 5 nitrogen and oxygen atoms in total. The van der Waals surface area contributed by atoms with Gasteiger partial charge in [0.15, 0.2) is 0 Å². The number of aliphatic hydroxyl groups excluding tert-OH is 1. The molecule has 0 radical (unpaired) electrons. The molecule has 4 rings (SSSR count). The standard InChI is InChI=1S/C24H24F2N2O3S/c1-3-15-4-7-22(27-32(2,30)31)16(10-15)11-19(29)14-28-23-8-5-17(25)12-20(23)21-13-18(26)6-9-24(21)28/h4-10,12-13,19,27,29H,3,11,14H2,1-2H3. The van der Waals surface area contributed by atoms with Gasteiger partial charge in [0.1, 0.15) is 11.6 Å². The van der Waals surface area contributed by atoms with Crippen LogP contribution in [-0.4, -0.2) is 30.5 Å². The highest BCUT2D eigenvalue weighted by molar-refractivity contribution is 7.92. The minimum Gasteiger partial charge on any atom is -0.391 e. The summed E-state index contributed by atoms with van der Waals surface area (Å²) >= 11 is 0. The van der Waals surface area contributed by atoms with Gasteiger partial charge in [0.2, 0.25) is 10.0 Å². The zero-order chi connectivity index (χ0) is 23.0. The molecule has 4 aromatic rings. The maximum Gasteiger partial charge on any atom is 0.229 e. The van der Waals surface area contributed by atoms with Crippen LogP contribution in [-0.2, 0) is 29.4 Å². The van der Waals surface area contributed by atoms with Crippen molar-refractivity contribution in [3.63, 3.8) is 0 Å². The summed E-state index contributed by atoms with van der Waals surface area (Å²) in [5.41, 5.74) is 3.50. The first-order valence-electron chi connectivity index (χ1n) is 10.3. The summed E-state index contributed by atoms with van der Waals surface area (Å²) in [5.74, 6) is -0.844. The van der Waals surface area contributed by atoms with Gasteiger partial charge in [-0.05, 0) is 60.0 Å². The minimum absolute atomic E-state index is 0.173. The van der Waals surface area contributed by atoms with Crippen molar-refractivity contribution in [1.29, 1.82) is 0 Å². The van der Waals surface area contributed by atoms with Crippen LogP contribution in [0.5, 0.6) is 0 Å². The Hall–Kier alpha value is -2.97. The Balaban J connectivity index is 1.71. The van der Waals surface area contributed by atoms with Gasteiger partial charge >= 0.3 is 0 Å². The molecule has 0 aliphatic rings. The summed E-state index contributed by atoms with van der Waals surface area (Å²) in [4.78, 5) is 0. The van der Waals surface area contributed by atoms with E-state index in [9.17, 15) is 22.3 Å². The van der Waals surface area contributed by atoms with E-state index < -0.39 is 27.8 Å². The molecule has 0 aliphatic heterocycles. The van der Waals surface area contributed by atoms with Crippen LogP contribution in [0.25, 0.3) is 21.8 Å². The summed E-state index contributed by atoms with van der Waals surface area (Å²) < 4.78 is 55.6. The van der Waals surface area contributed by atoms with Crippen LogP contribution in [0.2, 0.25) is 0 Å². The number of aryl methyl sites for hydroxylation is 1. The molecule has 1 aromatic heterocycles. The molecule has 1 unspecified atom stereocenters. The number of sulfonamides is 1. The highest BCUT2D eigenvalue weighted by Gasteiger charge is 2.17. The van der Waals surface area contributed by atoms with E-state index in [1.807, 2.05) is 23.6 Å². The fraction of sp³-hybridized carbons (Fsp3) is 0.250. The Morgan fingerprint density at radius 2 is 1.56 bits per heavy atom. The zero-order valence-electron chi connectivity index (χ0n) is 17.8. The van der Waals surface area contributed by atoms with Gasteiger partial charge in [-0.15, -0.1) is 0 Å². The molecule has 0 saturated heterocycles. The molecule has 2 N–H and O–H groups in total. The number of benzene rings is 3. The third-order valence-electron chi connectivity index (χ3n) is 5.51. The zero-order valence-corrected chi connectivity index (χ0v) is 18.6. The van der Waals surface area contributed by atoms with Gasteiger partial charge in [0.05, 0.1) is 18.0 Å². The molecule has 0 amide bonds. The number of halogens is 2. The Morgan fingerprint density at radius 1 is 0.969 bits per heavy atom. The second-order valence-electron chi connectivity index (χ2n) is 8.01. The Kier molecular flexibility index (Phi) is 5.92. The summed E-state index contributed by atoms with van der Waals surface area (Å²) in [6, 6.07) is 14.0. The van der Waals surface area contributed by atoms with Crippen molar-refractivity contribution in [2.24, 2.45) is 0 Å². The first-order chi connectivity index (χ1) is 15.1. The normalized spacial score (nSPS) is 13.0. The van der Waals surface area contributed by atoms with Crippen molar-refractivity contribution < 1.29 is 22.3 Å². The van der Waals surface area contributed by atoms with E-state index in [2.05, 4.69) is 4.72 Å². The highest BCUT2D eigenvalue weighted by atomic mass is 32.2. The lowest BCUT2D eigenvalue weighted by atomic mass is 10.0. The fourth-order valence-corrected chi connectivity index (χ4v) is 4.71. The van der Waals surface area contributed by atoms with Crippen LogP contribution in [0.4, 0.5) is 14.5 Å². The van der Waals surface area contributed by atoms with Crippen molar-refractivity contribution >= 4 is 37.5 Å². The van der Waals surface area contributed by atoms with Gasteiger partial charge in [0.25, 0.3) is 0 Å². The molecule has 8 heteroatoms. The van der Waals surface area contributed by atoms with Gasteiger partial charge < -0.3 is 9.67 Å². The predicted octanol–water partition coefficient (Wildman–Crippen LogP) is 4.61. The van der Waals surface area contributed by atoms with Crippen molar-refractivity contribution in [2.75, 3.05) is 11.0 Å². The van der Waals surface area contributed by atoms with Crippen LogP contribution in [0.15, 0.2) is 54.6 Å². The lowest BCUT2D eigenvalue weighted by Gasteiger charge is -2.17. The molecule has 0 aliphatic carbocycles. The molecular formula is C24H24F2N2O3S. The van der Waals surface area contributed by atoms with Crippen molar-refractivity contribution in [1.82, 2.24) is 4.57 Å². The molecule has 3 aromatic carbocycles. The number of fused-ring (bicyclic) bond motifs is 3. The largest absolute Gasteiger partial charge is 0.391 e. The predicted molar refractivity (Wildman–Crippen MR) is 123 cm³/mol. The smallest absolute Gasteiger partial charge is 0.229 e. The Morgan fingerprint density at radius 3 is 2.09 bits per heavy atom. The van der Waals surface area contributed by atoms with E-state index in [1.54, 1.807) is 18.2 Å². The number of nitrogens with one attached hydrogen (secondary N) is 1. The molecular weight excluding hydrogens is 434 g/mol. The van der Waals surface area contributed by atoms with E-state index in [1.165, 1.54) is 24.3 Å². The lowest BCUT2D eigenvalue weighted by molar-refractivity contribution is 0.157. The second-order valence-corrected chi connectivity index (χ2v) is 9.76.